The maximum atomic E-state index is 12.8. The van der Waals surface area contributed by atoms with E-state index in [9.17, 15) is 24.6 Å². The summed E-state index contributed by atoms with van der Waals surface area (Å²) in [5, 5.41) is 31.2. The molecule has 39 heavy (non-hydrogen) atoms. The lowest BCUT2D eigenvalue weighted by molar-refractivity contribution is -0.143. The van der Waals surface area contributed by atoms with Crippen LogP contribution in [0.1, 0.15) is 35.4 Å². The van der Waals surface area contributed by atoms with E-state index in [-0.39, 0.29) is 51.9 Å². The predicted octanol–water partition coefficient (Wildman–Crippen LogP) is 1.48. The third-order valence-corrected chi connectivity index (χ3v) is 6.16. The van der Waals surface area contributed by atoms with Gasteiger partial charge in [0, 0.05) is 29.3 Å². The number of aliphatic hydroxyl groups excluding tert-OH is 1. The second-order valence-electron chi connectivity index (χ2n) is 8.26. The molecule has 2 amide bonds. The summed E-state index contributed by atoms with van der Waals surface area (Å²) in [6.45, 7) is 1.83. The molecule has 0 fully saturated rings. The number of carbonyl (C=O) groups excluding carboxylic acids is 3. The van der Waals surface area contributed by atoms with Crippen LogP contribution >= 0.6 is 27.5 Å². The number of phenols is 1. The van der Waals surface area contributed by atoms with E-state index in [0.717, 1.165) is 0 Å². The number of methoxy groups -OCH3 is 1. The second-order valence-corrected chi connectivity index (χ2v) is 9.55. The molecule has 1 aliphatic heterocycles. The second kappa shape index (κ2) is 14.0. The molecule has 2 aromatic rings. The van der Waals surface area contributed by atoms with Crippen molar-refractivity contribution >= 4 is 57.1 Å². The first-order valence-electron chi connectivity index (χ1n) is 11.8. The quantitative estimate of drug-likeness (QED) is 0.211. The zero-order valence-electron chi connectivity index (χ0n) is 21.1. The Hall–Kier alpha value is -3.62. The van der Waals surface area contributed by atoms with Gasteiger partial charge in [0.1, 0.15) is 23.0 Å². The first-order chi connectivity index (χ1) is 18.6. The summed E-state index contributed by atoms with van der Waals surface area (Å²) < 4.78 is 10.5. The van der Waals surface area contributed by atoms with Gasteiger partial charge in [0.25, 0.3) is 5.91 Å². The molecular formula is C24H28BrClN6O7. The molecule has 1 unspecified atom stereocenters. The lowest BCUT2D eigenvalue weighted by Crippen LogP contribution is -2.42. The summed E-state index contributed by atoms with van der Waals surface area (Å²) in [7, 11) is 1.42. The van der Waals surface area contributed by atoms with Gasteiger partial charge in [-0.25, -0.2) is 4.98 Å². The lowest BCUT2D eigenvalue weighted by Gasteiger charge is -2.21. The number of aliphatic hydroxyl groups is 1. The number of amides is 2. The number of β-amino-alcohol motifs (C(OH)–C–C–N with tert-alkyl or cyclic N) is 1. The first-order valence-corrected chi connectivity index (χ1v) is 13.0. The van der Waals surface area contributed by atoms with Crippen LogP contribution < -0.4 is 26.0 Å². The van der Waals surface area contributed by atoms with Crippen molar-refractivity contribution in [2.75, 3.05) is 38.7 Å². The van der Waals surface area contributed by atoms with Crippen LogP contribution in [0.25, 0.3) is 0 Å². The van der Waals surface area contributed by atoms with Crippen LogP contribution in [0.4, 0.5) is 5.82 Å². The van der Waals surface area contributed by atoms with E-state index in [0.29, 0.717) is 18.3 Å². The number of guanidine groups is 1. The molecule has 0 spiro atoms. The van der Waals surface area contributed by atoms with Crippen molar-refractivity contribution in [3.63, 3.8) is 0 Å². The largest absolute Gasteiger partial charge is 0.506 e. The molecule has 0 radical (unpaired) electrons. The highest BCUT2D eigenvalue weighted by atomic mass is 79.9. The number of carbonyl (C=O) groups is 3. The van der Waals surface area contributed by atoms with E-state index in [1.165, 1.54) is 25.3 Å². The SMILES string of the molecule is CCOC(=O)C[C@H](NC(=O)CNC(=O)c1cc(OC)cc(NC2=NCC(O)CN2)n1)c1cc(Cl)cc(Br)c1O. The van der Waals surface area contributed by atoms with Gasteiger partial charge in [0.15, 0.2) is 5.96 Å². The highest BCUT2D eigenvalue weighted by Gasteiger charge is 2.24. The van der Waals surface area contributed by atoms with Gasteiger partial charge in [-0.2, -0.15) is 0 Å². The van der Waals surface area contributed by atoms with Crippen molar-refractivity contribution in [2.45, 2.75) is 25.5 Å². The fourth-order valence-corrected chi connectivity index (χ4v) is 4.35. The number of aliphatic imine (C=N–C) groups is 1. The van der Waals surface area contributed by atoms with E-state index >= 15 is 0 Å². The van der Waals surface area contributed by atoms with Crippen LogP contribution in [0, 0.1) is 0 Å². The maximum Gasteiger partial charge on any atom is 0.308 e. The molecule has 6 N–H and O–H groups in total. The number of esters is 1. The number of hydrogen-bond acceptors (Lipinski definition) is 11. The Bertz CT molecular complexity index is 1260. The minimum Gasteiger partial charge on any atom is -0.506 e. The number of ether oxygens (including phenoxy) is 2. The third kappa shape index (κ3) is 8.70. The molecule has 0 saturated carbocycles. The molecule has 3 rings (SSSR count). The molecule has 13 nitrogen and oxygen atoms in total. The number of aromatic hydroxyl groups is 1. The molecule has 1 aromatic heterocycles. The van der Waals surface area contributed by atoms with Crippen LogP contribution in [-0.2, 0) is 14.3 Å². The molecule has 210 valence electrons. The number of hydrogen-bond donors (Lipinski definition) is 6. The smallest absolute Gasteiger partial charge is 0.308 e. The van der Waals surface area contributed by atoms with Crippen molar-refractivity contribution in [1.29, 1.82) is 0 Å². The van der Waals surface area contributed by atoms with E-state index in [2.05, 4.69) is 47.2 Å². The number of rotatable bonds is 10. The van der Waals surface area contributed by atoms with Gasteiger partial charge in [0.05, 0.1) is 49.8 Å². The van der Waals surface area contributed by atoms with Gasteiger partial charge in [-0.1, -0.05) is 11.6 Å². The summed E-state index contributed by atoms with van der Waals surface area (Å²) in [6, 6.07) is 4.84. The molecule has 0 saturated heterocycles. The Morgan fingerprint density at radius 1 is 1.28 bits per heavy atom. The number of benzene rings is 1. The first kappa shape index (κ1) is 29.9. The monoisotopic (exact) mass is 626 g/mol. The molecular weight excluding hydrogens is 600 g/mol. The molecule has 1 aliphatic rings. The summed E-state index contributed by atoms with van der Waals surface area (Å²) in [4.78, 5) is 46.1. The van der Waals surface area contributed by atoms with Gasteiger partial charge in [-0.15, -0.1) is 0 Å². The lowest BCUT2D eigenvalue weighted by atomic mass is 10.0. The molecule has 2 atom stereocenters. The summed E-state index contributed by atoms with van der Waals surface area (Å²) in [5.41, 5.74) is 0.152. The average molecular weight is 628 g/mol. The van der Waals surface area contributed by atoms with Crippen LogP contribution in [0.3, 0.4) is 0 Å². The average Bonchev–Trinajstić information content (AvgIpc) is 2.90. The van der Waals surface area contributed by atoms with Crippen LogP contribution in [0.15, 0.2) is 33.7 Å². The van der Waals surface area contributed by atoms with Crippen molar-refractivity contribution in [2.24, 2.45) is 4.99 Å². The highest BCUT2D eigenvalue weighted by molar-refractivity contribution is 9.10. The summed E-state index contributed by atoms with van der Waals surface area (Å²) in [6.07, 6.45) is -0.877. The van der Waals surface area contributed by atoms with Gasteiger partial charge in [-0.3, -0.25) is 19.4 Å². The molecule has 15 heteroatoms. The van der Waals surface area contributed by atoms with E-state index in [1.54, 1.807) is 13.0 Å². The Morgan fingerprint density at radius 2 is 2.05 bits per heavy atom. The predicted molar refractivity (Wildman–Crippen MR) is 146 cm³/mol. The molecule has 0 aliphatic carbocycles. The number of halogens is 2. The Kier molecular flexibility index (Phi) is 10.7. The molecule has 2 heterocycles. The van der Waals surface area contributed by atoms with Crippen LogP contribution in [-0.4, -0.2) is 78.4 Å². The number of phenolic OH excluding ortho intramolecular Hbond substituents is 1. The molecule has 1 aromatic carbocycles. The number of pyridine rings is 1. The third-order valence-electron chi connectivity index (χ3n) is 5.33. The number of aromatic nitrogens is 1. The number of anilines is 1. The minimum absolute atomic E-state index is 0.0411. The summed E-state index contributed by atoms with van der Waals surface area (Å²) in [5.74, 6) is -1.17. The normalized spacial score (nSPS) is 15.3. The van der Waals surface area contributed by atoms with E-state index in [1.807, 2.05) is 0 Å². The van der Waals surface area contributed by atoms with Crippen molar-refractivity contribution < 1.29 is 34.1 Å². The maximum absolute atomic E-state index is 12.8. The zero-order chi connectivity index (χ0) is 28.5. The van der Waals surface area contributed by atoms with Crippen LogP contribution in [0.5, 0.6) is 11.5 Å². The van der Waals surface area contributed by atoms with Crippen molar-refractivity contribution in [1.82, 2.24) is 20.9 Å². The standard InChI is InChI=1S/C24H28BrClN6O7/c1-3-39-21(35)8-17(15-4-12(26)5-16(25)22(15)36)31-20(34)11-27-23(37)18-6-14(38-2)7-19(30-18)32-24-28-9-13(33)10-29-24/h4-7,13,17,33,36H,3,8-11H2,1-2H3,(H,27,37)(H,31,34)(H2,28,29,30,32)/t17-/m0/s1. The van der Waals surface area contributed by atoms with Crippen molar-refractivity contribution in [3.8, 4) is 11.5 Å². The molecule has 0 bridgehead atoms. The fourth-order valence-electron chi connectivity index (χ4n) is 3.51. The van der Waals surface area contributed by atoms with Crippen LogP contribution in [0.2, 0.25) is 5.02 Å². The number of nitrogens with one attached hydrogen (secondary N) is 4. The Morgan fingerprint density at radius 3 is 2.72 bits per heavy atom. The van der Waals surface area contributed by atoms with Gasteiger partial charge in [0.2, 0.25) is 5.91 Å². The Balaban J connectivity index is 1.70. The van der Waals surface area contributed by atoms with Gasteiger partial charge >= 0.3 is 5.97 Å². The fraction of sp³-hybridized carbons (Fsp3) is 0.375. The zero-order valence-corrected chi connectivity index (χ0v) is 23.4. The summed E-state index contributed by atoms with van der Waals surface area (Å²) >= 11 is 9.29. The number of nitrogens with zero attached hydrogens (tertiary/aromatic N) is 2. The highest BCUT2D eigenvalue weighted by Crippen LogP contribution is 2.36. The minimum atomic E-state index is -0.989. The van der Waals surface area contributed by atoms with Gasteiger partial charge in [-0.05, 0) is 35.0 Å². The van der Waals surface area contributed by atoms with Crippen molar-refractivity contribution in [3.05, 3.63) is 45.0 Å². The van der Waals surface area contributed by atoms with E-state index < -0.39 is 36.5 Å². The van der Waals surface area contributed by atoms with Gasteiger partial charge < -0.3 is 41.0 Å². The Labute approximate surface area is 237 Å². The topological polar surface area (TPSA) is 183 Å². The van der Waals surface area contributed by atoms with E-state index in [4.69, 9.17) is 21.1 Å².